The van der Waals surface area contributed by atoms with Crippen LogP contribution in [-0.4, -0.2) is 38.2 Å². The first kappa shape index (κ1) is 15.9. The van der Waals surface area contributed by atoms with E-state index in [-0.39, 0.29) is 5.91 Å². The Hall–Kier alpha value is -2.56. The van der Waals surface area contributed by atoms with Crippen LogP contribution < -0.4 is 0 Å². The van der Waals surface area contributed by atoms with E-state index in [2.05, 4.69) is 47.2 Å². The molecule has 4 rings (SSSR count). The standard InChI is InChI=1S/C20H24N4O/c1-16-13-21-24(14-16)18-6-4-10-23(15-18)20(25)9-12-22-11-8-17-5-2-3-7-19(17)22/h2-3,5,7-8,11,13-14,18H,4,6,9-10,12,15H2,1H3. The van der Waals surface area contributed by atoms with Crippen LogP contribution in [0.2, 0.25) is 0 Å². The zero-order chi connectivity index (χ0) is 17.2. The van der Waals surface area contributed by atoms with Crippen molar-refractivity contribution in [1.29, 1.82) is 0 Å². The number of carbonyl (C=O) groups is 1. The minimum absolute atomic E-state index is 0.242. The van der Waals surface area contributed by atoms with E-state index in [4.69, 9.17) is 0 Å². The number of hydrogen-bond donors (Lipinski definition) is 0. The van der Waals surface area contributed by atoms with Gasteiger partial charge in [0.05, 0.1) is 12.2 Å². The number of benzene rings is 1. The number of hydrogen-bond acceptors (Lipinski definition) is 2. The molecule has 1 atom stereocenters. The first-order valence-electron chi connectivity index (χ1n) is 9.03. The molecule has 1 aliphatic heterocycles. The monoisotopic (exact) mass is 336 g/mol. The quantitative estimate of drug-likeness (QED) is 0.733. The lowest BCUT2D eigenvalue weighted by Crippen LogP contribution is -2.41. The van der Waals surface area contributed by atoms with Crippen molar-refractivity contribution < 1.29 is 4.79 Å². The third-order valence-corrected chi connectivity index (χ3v) is 5.10. The van der Waals surface area contributed by atoms with Gasteiger partial charge in [-0.25, -0.2) is 0 Å². The molecule has 0 radical (unpaired) electrons. The largest absolute Gasteiger partial charge is 0.347 e. The molecular weight excluding hydrogens is 312 g/mol. The molecule has 1 fully saturated rings. The fraction of sp³-hybridized carbons (Fsp3) is 0.400. The number of para-hydroxylation sites is 1. The fourth-order valence-electron chi connectivity index (χ4n) is 3.74. The smallest absolute Gasteiger partial charge is 0.224 e. The Kier molecular flexibility index (Phi) is 4.30. The van der Waals surface area contributed by atoms with Gasteiger partial charge in [-0.2, -0.15) is 5.10 Å². The Labute approximate surface area is 147 Å². The summed E-state index contributed by atoms with van der Waals surface area (Å²) in [6.45, 7) is 4.42. The maximum atomic E-state index is 12.7. The van der Waals surface area contributed by atoms with Crippen LogP contribution in [-0.2, 0) is 11.3 Å². The minimum Gasteiger partial charge on any atom is -0.347 e. The summed E-state index contributed by atoms with van der Waals surface area (Å²) in [5.41, 5.74) is 2.36. The number of rotatable bonds is 4. The van der Waals surface area contributed by atoms with Gasteiger partial charge in [0.2, 0.25) is 5.91 Å². The van der Waals surface area contributed by atoms with Crippen molar-refractivity contribution in [3.63, 3.8) is 0 Å². The third-order valence-electron chi connectivity index (χ3n) is 5.10. The zero-order valence-corrected chi connectivity index (χ0v) is 14.6. The molecule has 1 aliphatic rings. The van der Waals surface area contributed by atoms with Crippen LogP contribution in [0.4, 0.5) is 0 Å². The highest BCUT2D eigenvalue weighted by Crippen LogP contribution is 2.22. The number of likely N-dealkylation sites (tertiary alicyclic amines) is 1. The van der Waals surface area contributed by atoms with Gasteiger partial charge in [0, 0.05) is 44.0 Å². The molecule has 5 heteroatoms. The molecule has 2 aromatic heterocycles. The predicted octanol–water partition coefficient (Wildman–Crippen LogP) is 3.40. The van der Waals surface area contributed by atoms with Crippen molar-refractivity contribution in [3.8, 4) is 0 Å². The lowest BCUT2D eigenvalue weighted by Gasteiger charge is -2.33. The van der Waals surface area contributed by atoms with Gasteiger partial charge in [0.15, 0.2) is 0 Å². The zero-order valence-electron chi connectivity index (χ0n) is 14.6. The molecular formula is C20H24N4O. The van der Waals surface area contributed by atoms with Crippen LogP contribution in [0, 0.1) is 6.92 Å². The Morgan fingerprint density at radius 3 is 3.00 bits per heavy atom. The molecule has 0 aliphatic carbocycles. The van der Waals surface area contributed by atoms with E-state index in [1.165, 1.54) is 16.5 Å². The van der Waals surface area contributed by atoms with Crippen molar-refractivity contribution in [2.24, 2.45) is 0 Å². The number of amides is 1. The molecule has 25 heavy (non-hydrogen) atoms. The molecule has 3 heterocycles. The van der Waals surface area contributed by atoms with Gasteiger partial charge in [-0.15, -0.1) is 0 Å². The average Bonchev–Trinajstić information content (AvgIpc) is 3.26. The molecule has 0 N–H and O–H groups in total. The summed E-state index contributed by atoms with van der Waals surface area (Å²) >= 11 is 0. The lowest BCUT2D eigenvalue weighted by molar-refractivity contribution is -0.133. The summed E-state index contributed by atoms with van der Waals surface area (Å²) in [6, 6.07) is 10.7. The molecule has 1 amide bonds. The van der Waals surface area contributed by atoms with Gasteiger partial charge >= 0.3 is 0 Å². The molecule has 130 valence electrons. The Bertz CT molecular complexity index is 879. The number of carbonyl (C=O) groups excluding carboxylic acids is 1. The molecule has 1 saturated heterocycles. The second kappa shape index (κ2) is 6.75. The van der Waals surface area contributed by atoms with Gasteiger partial charge in [0.25, 0.3) is 0 Å². The van der Waals surface area contributed by atoms with E-state index in [0.717, 1.165) is 32.5 Å². The van der Waals surface area contributed by atoms with E-state index >= 15 is 0 Å². The number of aryl methyl sites for hydroxylation is 2. The number of aromatic nitrogens is 3. The highest BCUT2D eigenvalue weighted by Gasteiger charge is 2.25. The van der Waals surface area contributed by atoms with Gasteiger partial charge in [-0.1, -0.05) is 18.2 Å². The molecule has 0 saturated carbocycles. The van der Waals surface area contributed by atoms with Crippen molar-refractivity contribution in [3.05, 3.63) is 54.5 Å². The summed E-state index contributed by atoms with van der Waals surface area (Å²) < 4.78 is 4.19. The van der Waals surface area contributed by atoms with Crippen molar-refractivity contribution >= 4 is 16.8 Å². The maximum absolute atomic E-state index is 12.7. The number of piperidine rings is 1. The molecule has 1 aromatic carbocycles. The summed E-state index contributed by atoms with van der Waals surface area (Å²) in [6.07, 6.45) is 8.71. The van der Waals surface area contributed by atoms with E-state index < -0.39 is 0 Å². The number of nitrogens with zero attached hydrogens (tertiary/aromatic N) is 4. The van der Waals surface area contributed by atoms with Gasteiger partial charge in [0.1, 0.15) is 0 Å². The Morgan fingerprint density at radius 2 is 2.16 bits per heavy atom. The highest BCUT2D eigenvalue weighted by atomic mass is 16.2. The van der Waals surface area contributed by atoms with Gasteiger partial charge < -0.3 is 9.47 Å². The first-order valence-corrected chi connectivity index (χ1v) is 9.03. The van der Waals surface area contributed by atoms with Crippen molar-refractivity contribution in [2.45, 2.75) is 38.8 Å². The van der Waals surface area contributed by atoms with E-state index in [9.17, 15) is 4.79 Å². The van der Waals surface area contributed by atoms with Crippen molar-refractivity contribution in [2.75, 3.05) is 13.1 Å². The fourth-order valence-corrected chi connectivity index (χ4v) is 3.74. The van der Waals surface area contributed by atoms with Crippen molar-refractivity contribution in [1.82, 2.24) is 19.2 Å². The summed E-state index contributed by atoms with van der Waals surface area (Å²) in [5.74, 6) is 0.242. The van der Waals surface area contributed by atoms with Gasteiger partial charge in [-0.3, -0.25) is 9.48 Å². The van der Waals surface area contributed by atoms with Gasteiger partial charge in [-0.05, 0) is 42.8 Å². The van der Waals surface area contributed by atoms with Crippen LogP contribution in [0.25, 0.3) is 10.9 Å². The molecule has 0 spiro atoms. The maximum Gasteiger partial charge on any atom is 0.224 e. The molecule has 5 nitrogen and oxygen atoms in total. The van der Waals surface area contributed by atoms with E-state index in [0.29, 0.717) is 12.5 Å². The van der Waals surface area contributed by atoms with E-state index in [1.54, 1.807) is 0 Å². The summed E-state index contributed by atoms with van der Waals surface area (Å²) in [7, 11) is 0. The van der Waals surface area contributed by atoms with Crippen LogP contribution in [0.5, 0.6) is 0 Å². The SMILES string of the molecule is Cc1cnn(C2CCCN(C(=O)CCn3ccc4ccccc43)C2)c1. The second-order valence-corrected chi connectivity index (χ2v) is 6.95. The third kappa shape index (κ3) is 3.31. The Balaban J connectivity index is 1.39. The van der Waals surface area contributed by atoms with Crippen LogP contribution in [0.15, 0.2) is 48.9 Å². The molecule has 3 aromatic rings. The minimum atomic E-state index is 0.242. The van der Waals surface area contributed by atoms with E-state index in [1.807, 2.05) is 27.9 Å². The second-order valence-electron chi connectivity index (χ2n) is 6.95. The topological polar surface area (TPSA) is 43.1 Å². The summed E-state index contributed by atoms with van der Waals surface area (Å²) in [5, 5.41) is 5.65. The van der Waals surface area contributed by atoms with Crippen LogP contribution in [0.1, 0.15) is 30.9 Å². The van der Waals surface area contributed by atoms with Crippen LogP contribution in [0.3, 0.4) is 0 Å². The predicted molar refractivity (Wildman–Crippen MR) is 98.4 cm³/mol. The highest BCUT2D eigenvalue weighted by molar-refractivity contribution is 5.80. The molecule has 0 bridgehead atoms. The average molecular weight is 336 g/mol. The Morgan fingerprint density at radius 1 is 1.28 bits per heavy atom. The normalized spacial score (nSPS) is 18.0. The molecule has 1 unspecified atom stereocenters. The first-order chi connectivity index (χ1) is 12.2. The lowest BCUT2D eigenvalue weighted by atomic mass is 10.1. The van der Waals surface area contributed by atoms with Crippen LogP contribution >= 0.6 is 0 Å². The summed E-state index contributed by atoms with van der Waals surface area (Å²) in [4.78, 5) is 14.7. The number of fused-ring (bicyclic) bond motifs is 1.